The minimum absolute atomic E-state index is 0.206. The third-order valence-corrected chi connectivity index (χ3v) is 18.5. The van der Waals surface area contributed by atoms with Gasteiger partial charge in [-0.2, -0.15) is 0 Å². The number of benzene rings is 12. The highest BCUT2D eigenvalue weighted by molar-refractivity contribution is 6.30. The van der Waals surface area contributed by atoms with E-state index in [4.69, 9.17) is 8.83 Å². The second kappa shape index (κ2) is 21.4. The topological polar surface area (TPSA) is 32.8 Å². The van der Waals surface area contributed by atoms with Gasteiger partial charge in [-0.1, -0.05) is 241 Å². The minimum atomic E-state index is 0.206. The third-order valence-electron chi connectivity index (χ3n) is 18.5. The van der Waals surface area contributed by atoms with Crippen molar-refractivity contribution in [3.05, 3.63) is 240 Å². The van der Waals surface area contributed by atoms with Crippen molar-refractivity contribution in [2.24, 2.45) is 0 Å². The number of hydrogen-bond acceptors (Lipinski definition) is 4. The molecule has 0 spiro atoms. The molecule has 0 bridgehead atoms. The molecule has 4 nitrogen and oxygen atoms in total. The van der Waals surface area contributed by atoms with Crippen molar-refractivity contribution in [3.63, 3.8) is 0 Å². The van der Waals surface area contributed by atoms with Crippen molar-refractivity contribution >= 4 is 110 Å². The van der Waals surface area contributed by atoms with Gasteiger partial charge in [0.25, 0.3) is 0 Å². The van der Waals surface area contributed by atoms with Crippen LogP contribution in [0.3, 0.4) is 0 Å². The monoisotopic (exact) mass is 1120 g/mol. The van der Waals surface area contributed by atoms with Crippen LogP contribution in [0, 0.1) is 0 Å². The first kappa shape index (κ1) is 54.8. The van der Waals surface area contributed by atoms with Crippen LogP contribution in [-0.2, 0) is 0 Å². The Morgan fingerprint density at radius 1 is 0.244 bits per heavy atom. The van der Waals surface area contributed by atoms with Crippen LogP contribution in [0.1, 0.15) is 152 Å². The summed E-state index contributed by atoms with van der Waals surface area (Å²) in [5.41, 5.74) is 22.4. The number of para-hydroxylation sites is 4. The number of anilines is 6. The largest absolute Gasteiger partial charge is 0.453 e. The minimum Gasteiger partial charge on any atom is -0.453 e. The Morgan fingerprint density at radius 3 is 0.930 bits per heavy atom. The normalized spacial score (nSPS) is 12.3. The molecule has 0 aliphatic heterocycles. The Bertz CT molecular complexity index is 4580. The van der Waals surface area contributed by atoms with Crippen molar-refractivity contribution in [1.82, 2.24) is 0 Å². The van der Waals surface area contributed by atoms with E-state index < -0.39 is 0 Å². The van der Waals surface area contributed by atoms with E-state index in [1.54, 1.807) is 0 Å². The summed E-state index contributed by atoms with van der Waals surface area (Å²) in [6.07, 6.45) is 0. The van der Waals surface area contributed by atoms with E-state index in [1.165, 1.54) is 76.8 Å². The second-order valence-corrected chi connectivity index (χ2v) is 25.9. The lowest BCUT2D eigenvalue weighted by Gasteiger charge is -2.31. The van der Waals surface area contributed by atoms with Crippen LogP contribution in [0.2, 0.25) is 0 Å². The zero-order valence-electron chi connectivity index (χ0n) is 51.8. The van der Waals surface area contributed by atoms with E-state index in [0.717, 1.165) is 89.1 Å². The first-order chi connectivity index (χ1) is 41.7. The lowest BCUT2D eigenvalue weighted by Crippen LogP contribution is -2.13. The van der Waals surface area contributed by atoms with E-state index in [9.17, 15) is 0 Å². The van der Waals surface area contributed by atoms with E-state index in [1.807, 2.05) is 0 Å². The Hall–Kier alpha value is -9.12. The molecule has 0 N–H and O–H groups in total. The van der Waals surface area contributed by atoms with Crippen LogP contribution in [0.15, 0.2) is 215 Å². The number of fused-ring (bicyclic) bond motifs is 6. The number of rotatable bonds is 14. The molecule has 0 unspecified atom stereocenters. The Labute approximate surface area is 506 Å². The van der Waals surface area contributed by atoms with Gasteiger partial charge in [-0.15, -0.1) is 0 Å². The molecule has 0 saturated heterocycles. The standard InChI is InChI=1S/C82H76N2O2/c1-47(2)53-33-37-55(38-34-53)83(73-31-19-29-67-65-27-17-25-63(79(65)85-81(67)73)59-23-15-13-21-57(59)49(5)6)75-45-71(51(9)10)61-42-44-70-76(46-72(52(11)12)62-41-43-69(75)77(61)78(62)70)84(56-39-35-54(36-40-56)48(3)4)74-32-20-30-68-66-28-18-26-64(80(66)86-82(68)74)60-24-16-14-22-58(60)50(7)8/h13-52H,1-12H3. The molecule has 2 aromatic heterocycles. The molecule has 0 aliphatic carbocycles. The summed E-state index contributed by atoms with van der Waals surface area (Å²) in [5, 5.41) is 11.9. The first-order valence-corrected chi connectivity index (χ1v) is 31.3. The fourth-order valence-corrected chi connectivity index (χ4v) is 14.0. The summed E-state index contributed by atoms with van der Waals surface area (Å²) < 4.78 is 14.8. The maximum absolute atomic E-state index is 7.42. The lowest BCUT2D eigenvalue weighted by atomic mass is 9.84. The number of furan rings is 2. The summed E-state index contributed by atoms with van der Waals surface area (Å²) in [5.74, 6) is 1.87. The van der Waals surface area contributed by atoms with Crippen molar-refractivity contribution in [2.45, 2.75) is 119 Å². The van der Waals surface area contributed by atoms with E-state index >= 15 is 0 Å². The fourth-order valence-electron chi connectivity index (χ4n) is 14.0. The van der Waals surface area contributed by atoms with Crippen molar-refractivity contribution in [1.29, 1.82) is 0 Å². The molecule has 0 radical (unpaired) electrons. The smallest absolute Gasteiger partial charge is 0.159 e. The summed E-state index contributed by atoms with van der Waals surface area (Å²) in [4.78, 5) is 4.99. The summed E-state index contributed by atoms with van der Waals surface area (Å²) in [6.45, 7) is 27.6. The molecule has 14 aromatic rings. The molecule has 2 heterocycles. The highest BCUT2D eigenvalue weighted by atomic mass is 16.3. The number of nitrogens with zero attached hydrogens (tertiary/aromatic N) is 2. The maximum Gasteiger partial charge on any atom is 0.159 e. The van der Waals surface area contributed by atoms with Gasteiger partial charge in [0.15, 0.2) is 11.2 Å². The van der Waals surface area contributed by atoms with Crippen LogP contribution < -0.4 is 9.80 Å². The van der Waals surface area contributed by atoms with Crippen molar-refractivity contribution in [2.75, 3.05) is 9.80 Å². The molecule has 0 saturated carbocycles. The van der Waals surface area contributed by atoms with Gasteiger partial charge < -0.3 is 18.6 Å². The molecule has 0 aliphatic rings. The molecule has 4 heteroatoms. The average molecular weight is 1120 g/mol. The molecule has 0 atom stereocenters. The third kappa shape index (κ3) is 8.85. The average Bonchev–Trinajstić information content (AvgIpc) is 0.791. The van der Waals surface area contributed by atoms with Gasteiger partial charge in [-0.25, -0.2) is 0 Å². The highest BCUT2D eigenvalue weighted by Gasteiger charge is 2.30. The van der Waals surface area contributed by atoms with Gasteiger partial charge in [-0.3, -0.25) is 0 Å². The Kier molecular flexibility index (Phi) is 13.7. The second-order valence-electron chi connectivity index (χ2n) is 25.9. The Morgan fingerprint density at radius 2 is 0.570 bits per heavy atom. The molecule has 86 heavy (non-hydrogen) atoms. The molecular formula is C82H76N2O2. The van der Waals surface area contributed by atoms with Crippen LogP contribution in [-0.4, -0.2) is 0 Å². The quantitative estimate of drug-likeness (QED) is 0.102. The van der Waals surface area contributed by atoms with Gasteiger partial charge in [0.05, 0.1) is 22.7 Å². The van der Waals surface area contributed by atoms with E-state index in [0.29, 0.717) is 23.7 Å². The van der Waals surface area contributed by atoms with Gasteiger partial charge in [-0.05, 0) is 150 Å². The van der Waals surface area contributed by atoms with Crippen molar-refractivity contribution < 1.29 is 8.83 Å². The van der Waals surface area contributed by atoms with Gasteiger partial charge >= 0.3 is 0 Å². The molecule has 14 rings (SSSR count). The van der Waals surface area contributed by atoms with Crippen molar-refractivity contribution in [3.8, 4) is 22.3 Å². The molecule has 0 fully saturated rings. The fraction of sp³-hybridized carbons (Fsp3) is 0.220. The zero-order chi connectivity index (χ0) is 59.4. The van der Waals surface area contributed by atoms with Gasteiger partial charge in [0.1, 0.15) is 11.2 Å². The van der Waals surface area contributed by atoms with Crippen LogP contribution in [0.4, 0.5) is 34.1 Å². The van der Waals surface area contributed by atoms with E-state index in [2.05, 4.69) is 299 Å². The molecule has 426 valence electrons. The first-order valence-electron chi connectivity index (χ1n) is 31.3. The van der Waals surface area contributed by atoms with Crippen LogP contribution in [0.25, 0.3) is 98.4 Å². The lowest BCUT2D eigenvalue weighted by molar-refractivity contribution is 0.669. The van der Waals surface area contributed by atoms with Crippen LogP contribution >= 0.6 is 0 Å². The van der Waals surface area contributed by atoms with Gasteiger partial charge in [0, 0.05) is 54.8 Å². The summed E-state index contributed by atoms with van der Waals surface area (Å²) in [7, 11) is 0. The maximum atomic E-state index is 7.42. The molecular weight excluding hydrogens is 1040 g/mol. The summed E-state index contributed by atoms with van der Waals surface area (Å²) in [6, 6.07) is 77.5. The molecule has 12 aromatic carbocycles. The zero-order valence-corrected chi connectivity index (χ0v) is 51.8. The van der Waals surface area contributed by atoms with Crippen LogP contribution in [0.5, 0.6) is 0 Å². The summed E-state index contributed by atoms with van der Waals surface area (Å²) >= 11 is 0. The Balaban J connectivity index is 1.06. The predicted octanol–water partition coefficient (Wildman–Crippen LogP) is 25.4. The van der Waals surface area contributed by atoms with Gasteiger partial charge in [0.2, 0.25) is 0 Å². The SMILES string of the molecule is CC(C)c1ccc(N(c2cc(C(C)C)c3ccc4c(N(c5ccc(C(C)C)cc5)c5cccc6c5oc5c(-c7ccccc7C(C)C)cccc56)cc(C(C)C)c5ccc2c3c54)c2cccc3c2oc2c(-c4ccccc4C(C)C)cccc23)cc1. The highest BCUT2D eigenvalue weighted by Crippen LogP contribution is 2.54. The predicted molar refractivity (Wildman–Crippen MR) is 369 cm³/mol. The molecule has 0 amide bonds. The van der Waals surface area contributed by atoms with E-state index in [-0.39, 0.29) is 11.8 Å². The number of hydrogen-bond donors (Lipinski definition) is 0.